The maximum Gasteiger partial charge on any atom is 0.176 e. The molecule has 3 nitrogen and oxygen atoms in total. The summed E-state index contributed by atoms with van der Waals surface area (Å²) in [6.45, 7) is 1.95. The van der Waals surface area contributed by atoms with Gasteiger partial charge in [-0.1, -0.05) is 0 Å². The lowest BCUT2D eigenvalue weighted by Crippen LogP contribution is -1.90. The Morgan fingerprint density at radius 2 is 2.21 bits per heavy atom. The molecule has 2 rings (SSSR count). The Morgan fingerprint density at radius 3 is 2.86 bits per heavy atom. The molecule has 0 fully saturated rings. The number of hydrogen-bond acceptors (Lipinski definition) is 3. The van der Waals surface area contributed by atoms with Gasteiger partial charge in [0.25, 0.3) is 0 Å². The first kappa shape index (κ1) is 8.81. The number of methoxy groups -OCH3 is 1. The van der Waals surface area contributed by atoms with Crippen molar-refractivity contribution >= 4 is 17.3 Å². The Hall–Kier alpha value is -1.77. The number of rotatable bonds is 2. The monoisotopic (exact) mass is 190 g/mol. The van der Waals surface area contributed by atoms with Crippen molar-refractivity contribution in [2.75, 3.05) is 7.11 Å². The standard InChI is InChI=1S/C11H10O3/c1-7-6-14-11-9(7)4-3-8(5-12)10(11)13-2/h3-6H,1-2H3. The third kappa shape index (κ3) is 1.09. The zero-order chi connectivity index (χ0) is 10.1. The minimum absolute atomic E-state index is 0.505. The third-order valence-electron chi connectivity index (χ3n) is 2.25. The number of aryl methyl sites for hydroxylation is 1. The maximum absolute atomic E-state index is 10.7. The highest BCUT2D eigenvalue weighted by Gasteiger charge is 2.11. The number of hydrogen-bond donors (Lipinski definition) is 0. The lowest BCUT2D eigenvalue weighted by molar-refractivity contribution is 0.112. The zero-order valence-electron chi connectivity index (χ0n) is 8.03. The minimum Gasteiger partial charge on any atom is -0.492 e. The number of carbonyl (C=O) groups is 1. The van der Waals surface area contributed by atoms with Crippen molar-refractivity contribution < 1.29 is 13.9 Å². The van der Waals surface area contributed by atoms with Crippen LogP contribution in [-0.4, -0.2) is 13.4 Å². The lowest BCUT2D eigenvalue weighted by atomic mass is 10.1. The Morgan fingerprint density at radius 1 is 1.43 bits per heavy atom. The summed E-state index contributed by atoms with van der Waals surface area (Å²) in [5, 5.41) is 0.979. The quantitative estimate of drug-likeness (QED) is 0.683. The Balaban J connectivity index is 2.84. The van der Waals surface area contributed by atoms with Crippen LogP contribution in [0.1, 0.15) is 15.9 Å². The Labute approximate surface area is 81.3 Å². The van der Waals surface area contributed by atoms with Gasteiger partial charge in [0.2, 0.25) is 0 Å². The van der Waals surface area contributed by atoms with Crippen LogP contribution in [0.5, 0.6) is 5.75 Å². The van der Waals surface area contributed by atoms with Gasteiger partial charge in [0.05, 0.1) is 18.9 Å². The van der Waals surface area contributed by atoms with Crippen molar-refractivity contribution in [1.82, 2.24) is 0 Å². The number of ether oxygens (including phenoxy) is 1. The fourth-order valence-corrected chi connectivity index (χ4v) is 1.52. The molecule has 1 heterocycles. The number of benzene rings is 1. The van der Waals surface area contributed by atoms with Crippen molar-refractivity contribution in [3.05, 3.63) is 29.5 Å². The second-order valence-corrected chi connectivity index (χ2v) is 3.10. The van der Waals surface area contributed by atoms with E-state index in [1.807, 2.05) is 13.0 Å². The van der Waals surface area contributed by atoms with Crippen molar-refractivity contribution in [2.45, 2.75) is 6.92 Å². The van der Waals surface area contributed by atoms with Crippen molar-refractivity contribution in [2.24, 2.45) is 0 Å². The highest BCUT2D eigenvalue weighted by Crippen LogP contribution is 2.31. The summed E-state index contributed by atoms with van der Waals surface area (Å²) < 4.78 is 10.5. The predicted octanol–water partition coefficient (Wildman–Crippen LogP) is 2.56. The first-order valence-corrected chi connectivity index (χ1v) is 4.28. The van der Waals surface area contributed by atoms with Crippen LogP contribution in [0.25, 0.3) is 11.0 Å². The average Bonchev–Trinajstić information content (AvgIpc) is 2.59. The van der Waals surface area contributed by atoms with E-state index in [-0.39, 0.29) is 0 Å². The van der Waals surface area contributed by atoms with Gasteiger partial charge in [-0.2, -0.15) is 0 Å². The van der Waals surface area contributed by atoms with Gasteiger partial charge in [-0.15, -0.1) is 0 Å². The van der Waals surface area contributed by atoms with Crippen LogP contribution < -0.4 is 4.74 Å². The molecule has 0 radical (unpaired) electrons. The molecule has 0 saturated carbocycles. The van der Waals surface area contributed by atoms with E-state index in [9.17, 15) is 4.79 Å². The number of carbonyl (C=O) groups excluding carboxylic acids is 1. The van der Waals surface area contributed by atoms with E-state index in [2.05, 4.69) is 0 Å². The fourth-order valence-electron chi connectivity index (χ4n) is 1.52. The highest BCUT2D eigenvalue weighted by molar-refractivity contribution is 5.94. The van der Waals surface area contributed by atoms with E-state index in [0.717, 1.165) is 17.2 Å². The molecule has 1 aromatic carbocycles. The molecular weight excluding hydrogens is 180 g/mol. The molecule has 0 N–H and O–H groups in total. The molecule has 0 saturated heterocycles. The van der Waals surface area contributed by atoms with Crippen LogP contribution in [0.2, 0.25) is 0 Å². The van der Waals surface area contributed by atoms with Gasteiger partial charge in [0.15, 0.2) is 17.6 Å². The molecule has 0 unspecified atom stereocenters. The minimum atomic E-state index is 0.505. The van der Waals surface area contributed by atoms with Gasteiger partial charge < -0.3 is 9.15 Å². The van der Waals surface area contributed by atoms with Gasteiger partial charge >= 0.3 is 0 Å². The second-order valence-electron chi connectivity index (χ2n) is 3.10. The van der Waals surface area contributed by atoms with E-state index >= 15 is 0 Å². The summed E-state index contributed by atoms with van der Waals surface area (Å²) in [7, 11) is 1.53. The third-order valence-corrected chi connectivity index (χ3v) is 2.25. The molecule has 14 heavy (non-hydrogen) atoms. The molecule has 0 bridgehead atoms. The summed E-state index contributed by atoms with van der Waals surface area (Å²) in [5.41, 5.74) is 2.18. The Bertz CT molecular complexity index is 482. The number of fused-ring (bicyclic) bond motifs is 1. The molecule has 0 spiro atoms. The summed E-state index contributed by atoms with van der Waals surface area (Å²) >= 11 is 0. The summed E-state index contributed by atoms with van der Waals surface area (Å²) in [5.74, 6) is 0.505. The largest absolute Gasteiger partial charge is 0.492 e. The van der Waals surface area contributed by atoms with E-state index in [0.29, 0.717) is 16.9 Å². The molecule has 0 aliphatic heterocycles. The summed E-state index contributed by atoms with van der Waals surface area (Å²) in [4.78, 5) is 10.7. The number of furan rings is 1. The highest BCUT2D eigenvalue weighted by atomic mass is 16.5. The summed E-state index contributed by atoms with van der Waals surface area (Å²) in [6.07, 6.45) is 2.41. The van der Waals surface area contributed by atoms with Gasteiger partial charge in [0, 0.05) is 5.39 Å². The molecule has 3 heteroatoms. The topological polar surface area (TPSA) is 39.4 Å². The van der Waals surface area contributed by atoms with Gasteiger partial charge in [0.1, 0.15) is 0 Å². The van der Waals surface area contributed by atoms with E-state index in [1.54, 1.807) is 12.3 Å². The molecule has 0 amide bonds. The molecule has 0 atom stereocenters. The normalized spacial score (nSPS) is 10.4. The Kier molecular flexibility index (Phi) is 2.00. The first-order chi connectivity index (χ1) is 6.77. The number of aldehydes is 1. The van der Waals surface area contributed by atoms with E-state index in [1.165, 1.54) is 7.11 Å². The zero-order valence-corrected chi connectivity index (χ0v) is 8.03. The lowest BCUT2D eigenvalue weighted by Gasteiger charge is -2.03. The van der Waals surface area contributed by atoms with Crippen LogP contribution in [0, 0.1) is 6.92 Å². The van der Waals surface area contributed by atoms with E-state index in [4.69, 9.17) is 9.15 Å². The maximum atomic E-state index is 10.7. The van der Waals surface area contributed by atoms with Crippen LogP contribution in [0.3, 0.4) is 0 Å². The molecular formula is C11H10O3. The van der Waals surface area contributed by atoms with Crippen LogP contribution in [0.15, 0.2) is 22.8 Å². The predicted molar refractivity (Wildman–Crippen MR) is 52.9 cm³/mol. The molecule has 2 aromatic rings. The molecule has 1 aromatic heterocycles. The van der Waals surface area contributed by atoms with Gasteiger partial charge in [-0.25, -0.2) is 0 Å². The SMILES string of the molecule is COc1c(C=O)ccc2c(C)coc12. The molecule has 0 aliphatic rings. The van der Waals surface area contributed by atoms with Gasteiger partial charge in [-0.05, 0) is 24.6 Å². The fraction of sp³-hybridized carbons (Fsp3) is 0.182. The van der Waals surface area contributed by atoms with Gasteiger partial charge in [-0.3, -0.25) is 4.79 Å². The van der Waals surface area contributed by atoms with E-state index < -0.39 is 0 Å². The first-order valence-electron chi connectivity index (χ1n) is 4.28. The molecule has 72 valence electrons. The summed E-state index contributed by atoms with van der Waals surface area (Å²) in [6, 6.07) is 3.59. The van der Waals surface area contributed by atoms with Crippen LogP contribution in [-0.2, 0) is 0 Å². The average molecular weight is 190 g/mol. The van der Waals surface area contributed by atoms with Crippen molar-refractivity contribution in [1.29, 1.82) is 0 Å². The molecule has 0 aliphatic carbocycles. The smallest absolute Gasteiger partial charge is 0.176 e. The van der Waals surface area contributed by atoms with Crippen molar-refractivity contribution in [3.8, 4) is 5.75 Å². The van der Waals surface area contributed by atoms with Crippen LogP contribution in [0.4, 0.5) is 0 Å². The van der Waals surface area contributed by atoms with Crippen molar-refractivity contribution in [3.63, 3.8) is 0 Å². The second kappa shape index (κ2) is 3.18. The van der Waals surface area contributed by atoms with Crippen LogP contribution >= 0.6 is 0 Å².